The summed E-state index contributed by atoms with van der Waals surface area (Å²) in [6.07, 6.45) is 0.693. The van der Waals surface area contributed by atoms with Gasteiger partial charge in [0, 0.05) is 37.2 Å². The lowest BCUT2D eigenvalue weighted by molar-refractivity contribution is 0.0502. The van der Waals surface area contributed by atoms with Gasteiger partial charge in [-0.1, -0.05) is 30.3 Å². The van der Waals surface area contributed by atoms with E-state index in [9.17, 15) is 18.8 Å². The lowest BCUT2D eigenvalue weighted by Crippen LogP contribution is -2.51. The van der Waals surface area contributed by atoms with Gasteiger partial charge in [0.25, 0.3) is 0 Å². The van der Waals surface area contributed by atoms with E-state index < -0.39 is 29.3 Å². The molecular weight excluding hydrogens is 455 g/mol. The second kappa shape index (κ2) is 9.44. The number of aromatic amines is 1. The highest BCUT2D eigenvalue weighted by atomic mass is 19.1. The van der Waals surface area contributed by atoms with Crippen molar-refractivity contribution < 1.29 is 23.1 Å². The quantitative estimate of drug-likeness (QED) is 0.509. The zero-order valence-corrected chi connectivity index (χ0v) is 19.9. The SMILES string of the molecule is CC(C)(C)OC(=O)NCC1(c2ccccc2)CCN(C(=O)Nc2cc3oc(=O)[nH]c3cc2F)CC1. The minimum atomic E-state index is -0.698. The second-order valence-corrected chi connectivity index (χ2v) is 9.76. The Bertz CT molecular complexity index is 1270. The molecule has 0 unspecified atom stereocenters. The molecule has 1 aliphatic rings. The first-order valence-corrected chi connectivity index (χ1v) is 11.5. The third kappa shape index (κ3) is 5.64. The van der Waals surface area contributed by atoms with E-state index in [1.807, 2.05) is 30.3 Å². The smallest absolute Gasteiger partial charge is 0.417 e. The molecule has 0 spiro atoms. The molecule has 9 nitrogen and oxygen atoms in total. The zero-order chi connectivity index (χ0) is 25.2. The molecular formula is C25H29FN4O5. The van der Waals surface area contributed by atoms with Gasteiger partial charge in [0.2, 0.25) is 0 Å². The third-order valence-corrected chi connectivity index (χ3v) is 6.11. The van der Waals surface area contributed by atoms with Crippen LogP contribution < -0.4 is 16.4 Å². The lowest BCUT2D eigenvalue weighted by Gasteiger charge is -2.42. The highest BCUT2D eigenvalue weighted by Crippen LogP contribution is 2.35. The normalized spacial score (nSPS) is 15.6. The molecule has 35 heavy (non-hydrogen) atoms. The van der Waals surface area contributed by atoms with E-state index in [0.29, 0.717) is 32.5 Å². The van der Waals surface area contributed by atoms with Crippen LogP contribution in [0.4, 0.5) is 19.7 Å². The predicted molar refractivity (Wildman–Crippen MR) is 129 cm³/mol. The van der Waals surface area contributed by atoms with Gasteiger partial charge >= 0.3 is 17.9 Å². The Balaban J connectivity index is 1.45. The number of halogens is 1. The summed E-state index contributed by atoms with van der Waals surface area (Å²) in [4.78, 5) is 40.5. The molecule has 1 saturated heterocycles. The number of likely N-dealkylation sites (tertiary alicyclic amines) is 1. The summed E-state index contributed by atoms with van der Waals surface area (Å²) in [6.45, 7) is 6.59. The summed E-state index contributed by atoms with van der Waals surface area (Å²) in [5.41, 5.74) is 0.377. The number of nitrogens with one attached hydrogen (secondary N) is 3. The number of urea groups is 1. The zero-order valence-electron chi connectivity index (χ0n) is 19.9. The molecule has 1 fully saturated rings. The molecule has 3 amide bonds. The van der Waals surface area contributed by atoms with Gasteiger partial charge in [-0.3, -0.25) is 4.98 Å². The highest BCUT2D eigenvalue weighted by molar-refractivity contribution is 5.92. The molecule has 0 aliphatic carbocycles. The average Bonchev–Trinajstić information content (AvgIpc) is 3.16. The first-order chi connectivity index (χ1) is 16.5. The maximum Gasteiger partial charge on any atom is 0.417 e. The van der Waals surface area contributed by atoms with Gasteiger partial charge in [0.15, 0.2) is 5.58 Å². The van der Waals surface area contributed by atoms with Crippen LogP contribution in [0.2, 0.25) is 0 Å². The van der Waals surface area contributed by atoms with E-state index in [2.05, 4.69) is 15.6 Å². The molecule has 2 heterocycles. The second-order valence-electron chi connectivity index (χ2n) is 9.76. The fraction of sp³-hybridized carbons (Fsp3) is 0.400. The molecule has 1 aromatic heterocycles. The Morgan fingerprint density at radius 3 is 2.51 bits per heavy atom. The van der Waals surface area contributed by atoms with Crippen molar-refractivity contribution in [3.63, 3.8) is 0 Å². The predicted octanol–water partition coefficient (Wildman–Crippen LogP) is 4.35. The van der Waals surface area contributed by atoms with Crippen LogP contribution in [0.15, 0.2) is 51.7 Å². The molecule has 0 atom stereocenters. The van der Waals surface area contributed by atoms with E-state index in [1.54, 1.807) is 25.7 Å². The van der Waals surface area contributed by atoms with Crippen LogP contribution in [0.5, 0.6) is 0 Å². The van der Waals surface area contributed by atoms with Crippen molar-refractivity contribution in [2.75, 3.05) is 25.0 Å². The van der Waals surface area contributed by atoms with E-state index in [4.69, 9.17) is 9.15 Å². The average molecular weight is 485 g/mol. The fourth-order valence-corrected chi connectivity index (χ4v) is 4.31. The van der Waals surface area contributed by atoms with Crippen LogP contribution in [-0.2, 0) is 10.2 Å². The molecule has 10 heteroatoms. The monoisotopic (exact) mass is 484 g/mol. The standard InChI is InChI=1S/C25H29FN4O5/c1-24(2,3)35-22(32)27-15-25(16-7-5-4-6-8-16)9-11-30(12-10-25)21(31)28-18-14-20-19(13-17(18)26)29-23(33)34-20/h4-8,13-14H,9-12,15H2,1-3H3,(H,27,32)(H,28,31)(H,29,33). The Hall–Kier alpha value is -3.82. The number of hydrogen-bond acceptors (Lipinski definition) is 5. The van der Waals surface area contributed by atoms with Crippen LogP contribution in [0, 0.1) is 5.82 Å². The van der Waals surface area contributed by atoms with Crippen molar-refractivity contribution in [3.05, 3.63) is 64.4 Å². The van der Waals surface area contributed by atoms with Crippen molar-refractivity contribution in [1.82, 2.24) is 15.2 Å². The number of piperidine rings is 1. The summed E-state index contributed by atoms with van der Waals surface area (Å²) >= 11 is 0. The number of oxazole rings is 1. The molecule has 0 radical (unpaired) electrons. The molecule has 4 rings (SSSR count). The lowest BCUT2D eigenvalue weighted by atomic mass is 9.72. The molecule has 0 bridgehead atoms. The third-order valence-electron chi connectivity index (χ3n) is 6.11. The summed E-state index contributed by atoms with van der Waals surface area (Å²) in [7, 11) is 0. The van der Waals surface area contributed by atoms with Crippen LogP contribution in [-0.4, -0.2) is 47.2 Å². The molecule has 3 aromatic rings. The minimum Gasteiger partial charge on any atom is -0.444 e. The Kier molecular flexibility index (Phi) is 6.56. The van der Waals surface area contributed by atoms with Crippen molar-refractivity contribution >= 4 is 28.9 Å². The Labute approximate surface area is 201 Å². The van der Waals surface area contributed by atoms with Crippen LogP contribution in [0.25, 0.3) is 11.1 Å². The van der Waals surface area contributed by atoms with Crippen molar-refractivity contribution in [1.29, 1.82) is 0 Å². The summed E-state index contributed by atoms with van der Waals surface area (Å²) in [6, 6.07) is 11.8. The van der Waals surface area contributed by atoms with Gasteiger partial charge in [0.05, 0.1) is 11.2 Å². The molecule has 2 aromatic carbocycles. The van der Waals surface area contributed by atoms with Gasteiger partial charge in [-0.05, 0) is 39.2 Å². The molecule has 186 valence electrons. The number of alkyl carbamates (subject to hydrolysis) is 1. The van der Waals surface area contributed by atoms with Gasteiger partial charge < -0.3 is 24.7 Å². The number of nitrogens with zero attached hydrogens (tertiary/aromatic N) is 1. The number of amides is 3. The highest BCUT2D eigenvalue weighted by Gasteiger charge is 2.38. The van der Waals surface area contributed by atoms with E-state index in [1.165, 1.54) is 6.07 Å². The summed E-state index contributed by atoms with van der Waals surface area (Å²) in [5.74, 6) is -1.38. The van der Waals surface area contributed by atoms with E-state index in [-0.39, 0.29) is 22.2 Å². The van der Waals surface area contributed by atoms with Crippen LogP contribution >= 0.6 is 0 Å². The fourth-order valence-electron chi connectivity index (χ4n) is 4.31. The van der Waals surface area contributed by atoms with Gasteiger partial charge in [0.1, 0.15) is 11.4 Å². The minimum absolute atomic E-state index is 0.0725. The van der Waals surface area contributed by atoms with Gasteiger partial charge in [-0.25, -0.2) is 18.8 Å². The van der Waals surface area contributed by atoms with Crippen molar-refractivity contribution in [2.45, 2.75) is 44.6 Å². The number of ether oxygens (including phenoxy) is 1. The van der Waals surface area contributed by atoms with Crippen molar-refractivity contribution in [3.8, 4) is 0 Å². The van der Waals surface area contributed by atoms with Gasteiger partial charge in [-0.2, -0.15) is 0 Å². The van der Waals surface area contributed by atoms with E-state index in [0.717, 1.165) is 11.6 Å². The maximum atomic E-state index is 14.4. The Morgan fingerprint density at radius 2 is 1.86 bits per heavy atom. The summed E-state index contributed by atoms with van der Waals surface area (Å²) in [5, 5.41) is 5.46. The number of H-pyrrole nitrogens is 1. The number of benzene rings is 2. The van der Waals surface area contributed by atoms with Gasteiger partial charge in [-0.15, -0.1) is 0 Å². The Morgan fingerprint density at radius 1 is 1.17 bits per heavy atom. The largest absolute Gasteiger partial charge is 0.444 e. The number of rotatable bonds is 4. The number of anilines is 1. The summed E-state index contributed by atoms with van der Waals surface area (Å²) < 4.78 is 24.8. The molecule has 3 N–H and O–H groups in total. The topological polar surface area (TPSA) is 117 Å². The van der Waals surface area contributed by atoms with Crippen molar-refractivity contribution in [2.24, 2.45) is 0 Å². The number of carbonyl (C=O) groups excluding carboxylic acids is 2. The number of fused-ring (bicyclic) bond motifs is 1. The van der Waals surface area contributed by atoms with Crippen LogP contribution in [0.1, 0.15) is 39.2 Å². The maximum absolute atomic E-state index is 14.4. The van der Waals surface area contributed by atoms with Crippen LogP contribution in [0.3, 0.4) is 0 Å². The molecule has 0 saturated carbocycles. The number of carbonyl (C=O) groups is 2. The first-order valence-electron chi connectivity index (χ1n) is 11.5. The number of aromatic nitrogens is 1. The first kappa shape index (κ1) is 24.3. The number of hydrogen-bond donors (Lipinski definition) is 3. The van der Waals surface area contributed by atoms with E-state index >= 15 is 0 Å². The molecule has 1 aliphatic heterocycles.